The summed E-state index contributed by atoms with van der Waals surface area (Å²) in [7, 11) is 0. The maximum absolute atomic E-state index is 14.4. The van der Waals surface area contributed by atoms with Gasteiger partial charge < -0.3 is 0 Å². The summed E-state index contributed by atoms with van der Waals surface area (Å²) >= 11 is 0. The van der Waals surface area contributed by atoms with E-state index in [0.29, 0.717) is 0 Å². The largest absolute Gasteiger partial charge is 0.275 e. The van der Waals surface area contributed by atoms with Gasteiger partial charge in [0.25, 0.3) is 5.56 Å². The first-order valence-electron chi connectivity index (χ1n) is 18.8. The minimum absolute atomic E-state index is 0.0396. The number of nitrogens with zero attached hydrogens (tertiary/aromatic N) is 1. The van der Waals surface area contributed by atoms with Gasteiger partial charge in [-0.15, -0.1) is 0 Å². The zero-order valence-corrected chi connectivity index (χ0v) is 29.9. The lowest BCUT2D eigenvalue weighted by Crippen LogP contribution is -2.16. The summed E-state index contributed by atoms with van der Waals surface area (Å²) < 4.78 is 1.99. The van der Waals surface area contributed by atoms with Crippen LogP contribution in [0.5, 0.6) is 0 Å². The van der Waals surface area contributed by atoms with Gasteiger partial charge in [-0.2, -0.15) is 0 Å². The van der Waals surface area contributed by atoms with Gasteiger partial charge in [-0.25, -0.2) is 0 Å². The third kappa shape index (κ3) is 3.82. The minimum atomic E-state index is -0.164. The molecule has 0 amide bonds. The van der Waals surface area contributed by atoms with Gasteiger partial charge >= 0.3 is 0 Å². The van der Waals surface area contributed by atoms with Crippen LogP contribution in [-0.4, -0.2) is 4.40 Å². The zero-order chi connectivity index (χ0) is 35.9. The summed E-state index contributed by atoms with van der Waals surface area (Å²) in [5, 5.41) is 12.7. The number of benzene rings is 9. The van der Waals surface area contributed by atoms with Crippen molar-refractivity contribution in [3.05, 3.63) is 185 Å². The van der Waals surface area contributed by atoms with Crippen molar-refractivity contribution in [1.82, 2.24) is 4.40 Å². The van der Waals surface area contributed by atoms with Crippen LogP contribution in [0.2, 0.25) is 0 Å². The summed E-state index contributed by atoms with van der Waals surface area (Å²) in [4.78, 5) is 14.4. The molecule has 0 radical (unpaired) electrons. The van der Waals surface area contributed by atoms with Gasteiger partial charge in [-0.3, -0.25) is 9.20 Å². The van der Waals surface area contributed by atoms with E-state index in [2.05, 4.69) is 159 Å². The molecule has 0 fully saturated rings. The van der Waals surface area contributed by atoms with E-state index in [1.807, 2.05) is 22.6 Å². The maximum atomic E-state index is 14.4. The number of hydrogen-bond acceptors (Lipinski definition) is 1. The Bertz CT molecular complexity index is 3460. The predicted molar refractivity (Wildman–Crippen MR) is 228 cm³/mol. The van der Waals surface area contributed by atoms with Crippen LogP contribution in [0, 0.1) is 0 Å². The van der Waals surface area contributed by atoms with Gasteiger partial charge in [0.05, 0.1) is 11.0 Å². The highest BCUT2D eigenvalue weighted by molar-refractivity contribution is 6.26. The molecule has 0 unspecified atom stereocenters. The highest BCUT2D eigenvalue weighted by Gasteiger charge is 2.36. The van der Waals surface area contributed by atoms with Crippen LogP contribution < -0.4 is 5.56 Å². The Labute approximate surface area is 311 Å². The summed E-state index contributed by atoms with van der Waals surface area (Å²) in [5.74, 6) is 0. The van der Waals surface area contributed by atoms with Gasteiger partial charge in [0.1, 0.15) is 0 Å². The molecule has 0 atom stereocenters. The molecular weight excluding hydrogens is 655 g/mol. The molecule has 0 bridgehead atoms. The molecule has 11 aromatic rings. The van der Waals surface area contributed by atoms with Gasteiger partial charge in [0.2, 0.25) is 0 Å². The van der Waals surface area contributed by atoms with Crippen molar-refractivity contribution >= 4 is 70.3 Å². The Balaban J connectivity index is 1.12. The van der Waals surface area contributed by atoms with Crippen molar-refractivity contribution in [3.8, 4) is 33.4 Å². The van der Waals surface area contributed by atoms with Crippen LogP contribution in [0.3, 0.4) is 0 Å². The third-order valence-corrected chi connectivity index (χ3v) is 12.5. The van der Waals surface area contributed by atoms with Gasteiger partial charge in [-0.1, -0.05) is 135 Å². The average Bonchev–Trinajstić information content (AvgIpc) is 3.67. The lowest BCUT2D eigenvalue weighted by Gasteiger charge is -2.21. The summed E-state index contributed by atoms with van der Waals surface area (Å²) in [5.41, 5.74) is 11.7. The van der Waals surface area contributed by atoms with Crippen LogP contribution in [0.1, 0.15) is 25.0 Å². The SMILES string of the molecule is CC1(C)c2ccccc2-c2cc3c4cc(-c5cccc(-c6ccc7c8ccccc8c8ccccc8c7c6)c5)cc5c6ccccc6c(=O)n(c3cc21)c54. The smallest absolute Gasteiger partial charge is 0.263 e. The van der Waals surface area contributed by atoms with Crippen molar-refractivity contribution in [2.24, 2.45) is 0 Å². The van der Waals surface area contributed by atoms with E-state index >= 15 is 0 Å². The molecule has 2 heteroatoms. The molecule has 12 rings (SSSR count). The summed E-state index contributed by atoms with van der Waals surface area (Å²) in [6.45, 7) is 4.60. The van der Waals surface area contributed by atoms with Crippen molar-refractivity contribution in [3.63, 3.8) is 0 Å². The van der Waals surface area contributed by atoms with Crippen molar-refractivity contribution < 1.29 is 0 Å². The first kappa shape index (κ1) is 29.8. The van der Waals surface area contributed by atoms with E-state index in [1.165, 1.54) is 65.7 Å². The molecule has 2 aromatic heterocycles. The van der Waals surface area contributed by atoms with E-state index in [9.17, 15) is 4.79 Å². The van der Waals surface area contributed by atoms with Gasteiger partial charge in [-0.05, 0) is 125 Å². The van der Waals surface area contributed by atoms with Crippen molar-refractivity contribution in [2.45, 2.75) is 19.3 Å². The molecule has 0 spiro atoms. The summed E-state index contributed by atoms with van der Waals surface area (Å²) in [6.07, 6.45) is 0. The van der Waals surface area contributed by atoms with Crippen molar-refractivity contribution in [1.29, 1.82) is 0 Å². The molecule has 0 saturated carbocycles. The molecule has 0 aliphatic heterocycles. The van der Waals surface area contributed by atoms with E-state index < -0.39 is 0 Å². The van der Waals surface area contributed by atoms with Gasteiger partial charge in [0.15, 0.2) is 0 Å². The fraction of sp³-hybridized carbons (Fsp3) is 0.0577. The second kappa shape index (κ2) is 10.4. The average molecular weight is 688 g/mol. The number of rotatable bonds is 2. The van der Waals surface area contributed by atoms with E-state index in [4.69, 9.17) is 0 Å². The molecule has 2 nitrogen and oxygen atoms in total. The Kier molecular flexibility index (Phi) is 5.75. The highest BCUT2D eigenvalue weighted by atomic mass is 16.1. The van der Waals surface area contributed by atoms with Crippen LogP contribution >= 0.6 is 0 Å². The Hall–Kier alpha value is -6.77. The zero-order valence-electron chi connectivity index (χ0n) is 29.9. The molecule has 0 saturated heterocycles. The standard InChI is InChI=1S/C52H33NO/c1-52(2)47-21-10-9-19-40(47)43-28-44-46-27-33(26-45-38-18-7-8-20-41(38)51(54)53(50(45)46)49(44)29-48(43)52)31-13-11-12-30(24-31)32-22-23-39-36-16-4-3-14-34(36)35-15-5-6-17-37(35)42(39)25-32/h3-29H,1-2H3. The van der Waals surface area contributed by atoms with Crippen molar-refractivity contribution in [2.75, 3.05) is 0 Å². The fourth-order valence-electron chi connectivity index (χ4n) is 9.91. The predicted octanol–water partition coefficient (Wildman–Crippen LogP) is 13.3. The lowest BCUT2D eigenvalue weighted by molar-refractivity contribution is 0.661. The number of aromatic nitrogens is 1. The van der Waals surface area contributed by atoms with E-state index in [0.717, 1.165) is 49.1 Å². The second-order valence-electron chi connectivity index (χ2n) is 15.6. The lowest BCUT2D eigenvalue weighted by atomic mass is 9.82. The Morgan fingerprint density at radius 1 is 0.370 bits per heavy atom. The first-order valence-corrected chi connectivity index (χ1v) is 18.8. The van der Waals surface area contributed by atoms with Crippen LogP contribution in [0.4, 0.5) is 0 Å². The van der Waals surface area contributed by atoms with E-state index in [1.54, 1.807) is 0 Å². The van der Waals surface area contributed by atoms with Crippen LogP contribution in [0.25, 0.3) is 104 Å². The fourth-order valence-corrected chi connectivity index (χ4v) is 9.91. The topological polar surface area (TPSA) is 21.5 Å². The monoisotopic (exact) mass is 687 g/mol. The third-order valence-electron chi connectivity index (χ3n) is 12.5. The number of hydrogen-bond donors (Lipinski definition) is 0. The molecule has 1 aliphatic carbocycles. The molecule has 9 aromatic carbocycles. The normalized spacial score (nSPS) is 13.6. The number of fused-ring (bicyclic) bond motifs is 14. The molecule has 2 heterocycles. The second-order valence-corrected chi connectivity index (χ2v) is 15.6. The first-order chi connectivity index (χ1) is 26.5. The quantitative estimate of drug-likeness (QED) is 0.166. The molecule has 0 N–H and O–H groups in total. The van der Waals surface area contributed by atoms with Gasteiger partial charge in [0, 0.05) is 27.0 Å². The molecule has 54 heavy (non-hydrogen) atoms. The number of pyridine rings is 1. The summed E-state index contributed by atoms with van der Waals surface area (Å²) in [6, 6.07) is 59.5. The Morgan fingerprint density at radius 2 is 0.889 bits per heavy atom. The molecular formula is C52H33NO. The highest BCUT2D eigenvalue weighted by Crippen LogP contribution is 2.51. The van der Waals surface area contributed by atoms with Crippen LogP contribution in [-0.2, 0) is 5.41 Å². The van der Waals surface area contributed by atoms with Crippen LogP contribution in [0.15, 0.2) is 169 Å². The van der Waals surface area contributed by atoms with E-state index in [-0.39, 0.29) is 11.0 Å². The Morgan fingerprint density at radius 3 is 1.59 bits per heavy atom. The minimum Gasteiger partial charge on any atom is -0.275 e. The maximum Gasteiger partial charge on any atom is 0.263 e. The molecule has 1 aliphatic rings. The molecule has 252 valence electrons.